The fraction of sp³-hybridized carbons (Fsp3) is 0.640. The first-order valence-electron chi connectivity index (χ1n) is 11.3. The Bertz CT molecular complexity index is 732. The van der Waals surface area contributed by atoms with Gasteiger partial charge in [-0.1, -0.05) is 34.9 Å². The molecule has 8 heteroatoms. The molecule has 0 rings (SSSR count). The molecule has 0 aromatic heterocycles. The van der Waals surface area contributed by atoms with Gasteiger partial charge in [0.25, 0.3) is 0 Å². The number of alkyl carbamates (subject to hydrolysis) is 1. The first kappa shape index (κ1) is 30.8. The molecule has 0 aliphatic rings. The first-order valence-corrected chi connectivity index (χ1v) is 12.5. The van der Waals surface area contributed by atoms with Gasteiger partial charge in [-0.15, -0.1) is 0 Å². The summed E-state index contributed by atoms with van der Waals surface area (Å²) in [5, 5.41) is 14.1. The van der Waals surface area contributed by atoms with Gasteiger partial charge in [0.1, 0.15) is 18.2 Å². The van der Waals surface area contributed by atoms with E-state index in [0.717, 1.165) is 25.7 Å². The van der Waals surface area contributed by atoms with Crippen LogP contribution in [0.4, 0.5) is 4.79 Å². The number of carboxylic acid groups (broad SMARTS) is 1. The molecule has 3 N–H and O–H groups in total. The molecule has 0 aromatic rings. The van der Waals surface area contributed by atoms with Crippen LogP contribution in [0.25, 0.3) is 0 Å². The van der Waals surface area contributed by atoms with Gasteiger partial charge >= 0.3 is 12.1 Å². The lowest BCUT2D eigenvalue weighted by atomic mass is 10.1. The minimum absolute atomic E-state index is 0.237. The Balaban J connectivity index is 4.30. The van der Waals surface area contributed by atoms with Crippen LogP contribution in [0.5, 0.6) is 0 Å². The van der Waals surface area contributed by atoms with Crippen molar-refractivity contribution in [1.82, 2.24) is 10.6 Å². The summed E-state index contributed by atoms with van der Waals surface area (Å²) in [5.41, 5.74) is 3.33. The molecule has 33 heavy (non-hydrogen) atoms. The number of hydrogen-bond donors (Lipinski definition) is 3. The highest BCUT2D eigenvalue weighted by Crippen LogP contribution is 2.13. The van der Waals surface area contributed by atoms with Crippen LogP contribution in [-0.2, 0) is 14.3 Å². The van der Waals surface area contributed by atoms with Gasteiger partial charge in [0.15, 0.2) is 0 Å². The number of carbonyl (C=O) groups is 3. The van der Waals surface area contributed by atoms with E-state index in [1.54, 1.807) is 20.8 Å². The lowest BCUT2D eigenvalue weighted by Crippen LogP contribution is -2.47. The maximum absolute atomic E-state index is 12.0. The second-order valence-electron chi connectivity index (χ2n) is 9.31. The van der Waals surface area contributed by atoms with Crippen LogP contribution in [0.15, 0.2) is 34.9 Å². The molecule has 0 saturated carbocycles. The smallest absolute Gasteiger partial charge is 0.408 e. The van der Waals surface area contributed by atoms with Crippen LogP contribution in [0.1, 0.15) is 74.1 Å². The maximum atomic E-state index is 12.0. The summed E-state index contributed by atoms with van der Waals surface area (Å²) in [5.74, 6) is -0.777. The van der Waals surface area contributed by atoms with Gasteiger partial charge in [-0.2, -0.15) is 11.8 Å². The van der Waals surface area contributed by atoms with Crippen molar-refractivity contribution in [2.24, 2.45) is 0 Å². The molecule has 0 aliphatic carbocycles. The van der Waals surface area contributed by atoms with Crippen LogP contribution >= 0.6 is 11.8 Å². The third kappa shape index (κ3) is 19.0. The molecular formula is C25H42N2O5S. The van der Waals surface area contributed by atoms with Crippen LogP contribution in [0.2, 0.25) is 0 Å². The second kappa shape index (κ2) is 16.4. The minimum Gasteiger partial charge on any atom is -0.480 e. The third-order valence-corrected chi connectivity index (χ3v) is 5.35. The van der Waals surface area contributed by atoms with Gasteiger partial charge in [0.05, 0.1) is 0 Å². The van der Waals surface area contributed by atoms with Crippen LogP contribution < -0.4 is 10.6 Å². The summed E-state index contributed by atoms with van der Waals surface area (Å²) in [4.78, 5) is 35.0. The predicted molar refractivity (Wildman–Crippen MR) is 137 cm³/mol. The molecule has 7 nitrogen and oxygen atoms in total. The zero-order valence-corrected chi connectivity index (χ0v) is 22.1. The Hall–Kier alpha value is -2.22. The highest BCUT2D eigenvalue weighted by molar-refractivity contribution is 7.99. The van der Waals surface area contributed by atoms with Gasteiger partial charge < -0.3 is 20.5 Å². The Labute approximate surface area is 203 Å². The zero-order chi connectivity index (χ0) is 25.4. The summed E-state index contributed by atoms with van der Waals surface area (Å²) < 4.78 is 5.05. The van der Waals surface area contributed by atoms with E-state index in [1.165, 1.54) is 28.5 Å². The number of hydrogen-bond acceptors (Lipinski definition) is 5. The predicted octanol–water partition coefficient (Wildman–Crippen LogP) is 5.23. The van der Waals surface area contributed by atoms with Gasteiger partial charge in [0, 0.05) is 11.5 Å². The van der Waals surface area contributed by atoms with Gasteiger partial charge in [-0.05, 0) is 74.1 Å². The van der Waals surface area contributed by atoms with E-state index in [1.807, 2.05) is 0 Å². The molecule has 2 amide bonds. The molecule has 188 valence electrons. The fourth-order valence-corrected chi connectivity index (χ4v) is 3.61. The van der Waals surface area contributed by atoms with E-state index in [-0.39, 0.29) is 12.3 Å². The summed E-state index contributed by atoms with van der Waals surface area (Å²) >= 11 is 1.44. The van der Waals surface area contributed by atoms with Crippen molar-refractivity contribution in [3.8, 4) is 0 Å². The molecule has 0 saturated heterocycles. The lowest BCUT2D eigenvalue weighted by molar-refractivity contribution is -0.140. The van der Waals surface area contributed by atoms with Crippen LogP contribution in [-0.4, -0.2) is 52.8 Å². The van der Waals surface area contributed by atoms with Crippen molar-refractivity contribution >= 4 is 29.7 Å². The molecule has 0 aliphatic heterocycles. The highest BCUT2D eigenvalue weighted by Gasteiger charge is 2.21. The normalized spacial score (nSPS) is 13.2. The van der Waals surface area contributed by atoms with Crippen molar-refractivity contribution in [2.45, 2.75) is 85.8 Å². The van der Waals surface area contributed by atoms with E-state index >= 15 is 0 Å². The number of amides is 2. The zero-order valence-electron chi connectivity index (χ0n) is 21.2. The van der Waals surface area contributed by atoms with Crippen molar-refractivity contribution in [2.75, 3.05) is 18.1 Å². The molecule has 1 atom stereocenters. The maximum Gasteiger partial charge on any atom is 0.408 e. The van der Waals surface area contributed by atoms with Gasteiger partial charge in [-0.25, -0.2) is 9.59 Å². The summed E-state index contributed by atoms with van der Waals surface area (Å²) in [6.45, 7) is 13.3. The number of aliphatic carboxylic acids is 1. The van der Waals surface area contributed by atoms with Crippen molar-refractivity contribution in [1.29, 1.82) is 0 Å². The largest absolute Gasteiger partial charge is 0.480 e. The molecular weight excluding hydrogens is 440 g/mol. The van der Waals surface area contributed by atoms with E-state index in [9.17, 15) is 19.5 Å². The van der Waals surface area contributed by atoms with Gasteiger partial charge in [0.2, 0.25) is 5.91 Å². The summed E-state index contributed by atoms with van der Waals surface area (Å²) in [7, 11) is 0. The average molecular weight is 483 g/mol. The SMILES string of the molecule is CC(C)=CCC/C(C)=C/CC/C(C)=C/CSCC(NC(=O)CNC(=O)OC(C)(C)C)C(=O)O. The Morgan fingerprint density at radius 3 is 2.09 bits per heavy atom. The Morgan fingerprint density at radius 2 is 1.55 bits per heavy atom. The number of nitrogens with one attached hydrogen (secondary N) is 2. The van der Waals surface area contributed by atoms with E-state index in [2.05, 4.69) is 56.6 Å². The Morgan fingerprint density at radius 1 is 0.970 bits per heavy atom. The molecule has 1 unspecified atom stereocenters. The fourth-order valence-electron chi connectivity index (χ4n) is 2.61. The summed E-state index contributed by atoms with van der Waals surface area (Å²) in [6, 6.07) is -1.02. The number of thioether (sulfide) groups is 1. The standard InChI is InChI=1S/C25H42N2O5S/c1-18(2)10-8-11-19(3)12-9-13-20(4)14-15-33-17-21(23(29)30)27-22(28)16-26-24(31)32-25(5,6)7/h10,12,14,21H,8-9,11,13,15-17H2,1-7H3,(H,26,31)(H,27,28)(H,29,30)/b19-12+,20-14+. The minimum atomic E-state index is -1.11. The summed E-state index contributed by atoms with van der Waals surface area (Å²) in [6.07, 6.45) is 10.0. The highest BCUT2D eigenvalue weighted by atomic mass is 32.2. The second-order valence-corrected chi connectivity index (χ2v) is 10.4. The molecule has 0 heterocycles. The molecule has 0 fully saturated rings. The lowest BCUT2D eigenvalue weighted by Gasteiger charge is -2.20. The number of carboxylic acids is 1. The van der Waals surface area contributed by atoms with E-state index < -0.39 is 29.6 Å². The van der Waals surface area contributed by atoms with Gasteiger partial charge in [-0.3, -0.25) is 4.79 Å². The van der Waals surface area contributed by atoms with Crippen molar-refractivity contribution < 1.29 is 24.2 Å². The quantitative estimate of drug-likeness (QED) is 0.231. The molecule has 0 bridgehead atoms. The topological polar surface area (TPSA) is 105 Å². The van der Waals surface area contributed by atoms with E-state index in [0.29, 0.717) is 5.75 Å². The van der Waals surface area contributed by atoms with Crippen molar-refractivity contribution in [3.05, 3.63) is 34.9 Å². The number of rotatable bonds is 14. The number of allylic oxidation sites excluding steroid dienone is 5. The van der Waals surface area contributed by atoms with Crippen LogP contribution in [0.3, 0.4) is 0 Å². The number of ether oxygens (including phenoxy) is 1. The van der Waals surface area contributed by atoms with E-state index in [4.69, 9.17) is 4.74 Å². The third-order valence-electron chi connectivity index (χ3n) is 4.38. The molecule has 0 radical (unpaired) electrons. The Kier molecular flexibility index (Phi) is 15.3. The van der Waals surface area contributed by atoms with Crippen LogP contribution in [0, 0.1) is 0 Å². The average Bonchev–Trinajstić information content (AvgIpc) is 2.67. The monoisotopic (exact) mass is 482 g/mol. The molecule has 0 aromatic carbocycles. The first-order chi connectivity index (χ1) is 15.3. The molecule has 0 spiro atoms. The van der Waals surface area contributed by atoms with Crippen molar-refractivity contribution in [3.63, 3.8) is 0 Å². The number of carbonyl (C=O) groups excluding carboxylic acids is 2.